The number of carbonyl (C=O) groups excluding carboxylic acids is 3. The van der Waals surface area contributed by atoms with Crippen LogP contribution in [-0.2, 0) is 22.7 Å². The van der Waals surface area contributed by atoms with E-state index in [2.05, 4.69) is 15.2 Å². The van der Waals surface area contributed by atoms with Crippen molar-refractivity contribution in [3.63, 3.8) is 0 Å². The average molecular weight is 455 g/mol. The molecule has 3 amide bonds. The van der Waals surface area contributed by atoms with Gasteiger partial charge in [-0.05, 0) is 30.7 Å². The standard InChI is InChI=1S/C23H23F2N5O3/c24-14-10-16-17(13-30(23(16)33)18-4-5-21(31)27-22(18)32)19(11-14)29-8-6-28(7-9-29)12-15-2-1-3-20(25)26-15/h1-3,10-11,18H,4-9,12-13H2,(H,27,31,32). The molecule has 1 atom stereocenters. The van der Waals surface area contributed by atoms with E-state index in [-0.39, 0.29) is 30.9 Å². The van der Waals surface area contributed by atoms with Gasteiger partial charge in [0.05, 0.1) is 5.69 Å². The van der Waals surface area contributed by atoms with E-state index in [0.717, 1.165) is 0 Å². The van der Waals surface area contributed by atoms with Gasteiger partial charge < -0.3 is 9.80 Å². The van der Waals surface area contributed by atoms with Crippen LogP contribution >= 0.6 is 0 Å². The van der Waals surface area contributed by atoms with E-state index < -0.39 is 29.6 Å². The van der Waals surface area contributed by atoms with Crippen LogP contribution in [0.4, 0.5) is 14.5 Å². The van der Waals surface area contributed by atoms with Crippen molar-refractivity contribution in [1.82, 2.24) is 20.1 Å². The lowest BCUT2D eigenvalue weighted by molar-refractivity contribution is -0.136. The lowest BCUT2D eigenvalue weighted by Crippen LogP contribution is -2.52. The molecule has 2 saturated heterocycles. The van der Waals surface area contributed by atoms with E-state index in [1.54, 1.807) is 12.1 Å². The van der Waals surface area contributed by atoms with Gasteiger partial charge in [-0.1, -0.05) is 6.07 Å². The summed E-state index contributed by atoms with van der Waals surface area (Å²) in [5.74, 6) is -2.25. The molecule has 8 nitrogen and oxygen atoms in total. The summed E-state index contributed by atoms with van der Waals surface area (Å²) in [6.07, 6.45) is 0.425. The van der Waals surface area contributed by atoms with Gasteiger partial charge in [-0.15, -0.1) is 0 Å². The molecule has 1 aromatic carbocycles. The van der Waals surface area contributed by atoms with Crippen LogP contribution in [-0.4, -0.2) is 64.7 Å². The van der Waals surface area contributed by atoms with Gasteiger partial charge in [-0.3, -0.25) is 24.6 Å². The van der Waals surface area contributed by atoms with E-state index in [9.17, 15) is 23.2 Å². The van der Waals surface area contributed by atoms with Gasteiger partial charge in [0.2, 0.25) is 17.8 Å². The first-order chi connectivity index (χ1) is 15.9. The molecular formula is C23H23F2N5O3. The van der Waals surface area contributed by atoms with E-state index >= 15 is 0 Å². The predicted octanol–water partition coefficient (Wildman–Crippen LogP) is 1.44. The Balaban J connectivity index is 1.31. The monoisotopic (exact) mass is 455 g/mol. The lowest BCUT2D eigenvalue weighted by Gasteiger charge is -2.37. The number of fused-ring (bicyclic) bond motifs is 1. The maximum absolute atomic E-state index is 14.5. The van der Waals surface area contributed by atoms with Crippen molar-refractivity contribution in [2.24, 2.45) is 0 Å². The number of imide groups is 1. The van der Waals surface area contributed by atoms with Gasteiger partial charge in [-0.25, -0.2) is 9.37 Å². The summed E-state index contributed by atoms with van der Waals surface area (Å²) in [5, 5.41) is 2.28. The Morgan fingerprint density at radius 2 is 1.85 bits per heavy atom. The number of carbonyl (C=O) groups is 3. The quantitative estimate of drug-likeness (QED) is 0.555. The zero-order valence-corrected chi connectivity index (χ0v) is 17.9. The molecule has 0 radical (unpaired) electrons. The van der Waals surface area contributed by atoms with Gasteiger partial charge in [0.1, 0.15) is 11.9 Å². The summed E-state index contributed by atoms with van der Waals surface area (Å²) in [5.41, 5.74) is 2.27. The van der Waals surface area contributed by atoms with Crippen LogP contribution in [0.2, 0.25) is 0 Å². The Bertz CT molecular complexity index is 1130. The van der Waals surface area contributed by atoms with E-state index in [1.807, 2.05) is 4.90 Å². The molecule has 4 heterocycles. The first-order valence-electron chi connectivity index (χ1n) is 10.9. The largest absolute Gasteiger partial charge is 0.369 e. The zero-order valence-electron chi connectivity index (χ0n) is 17.9. The number of hydrogen-bond acceptors (Lipinski definition) is 6. The normalized spacial score (nSPS) is 21.4. The minimum Gasteiger partial charge on any atom is -0.369 e. The number of rotatable bonds is 4. The predicted molar refractivity (Wildman–Crippen MR) is 114 cm³/mol. The Kier molecular flexibility index (Phi) is 5.53. The Hall–Kier alpha value is -3.40. The smallest absolute Gasteiger partial charge is 0.255 e. The van der Waals surface area contributed by atoms with Crippen molar-refractivity contribution >= 4 is 23.4 Å². The van der Waals surface area contributed by atoms with Gasteiger partial charge in [0.15, 0.2) is 0 Å². The molecule has 3 aliphatic rings. The van der Waals surface area contributed by atoms with Crippen LogP contribution in [0.25, 0.3) is 0 Å². The third kappa shape index (κ3) is 4.18. The number of piperidine rings is 1. The molecule has 0 aliphatic carbocycles. The lowest BCUT2D eigenvalue weighted by atomic mass is 10.0. The summed E-state index contributed by atoms with van der Waals surface area (Å²) in [4.78, 5) is 46.3. The van der Waals surface area contributed by atoms with Crippen molar-refractivity contribution in [3.8, 4) is 0 Å². The summed E-state index contributed by atoms with van der Waals surface area (Å²) >= 11 is 0. The van der Waals surface area contributed by atoms with Gasteiger partial charge in [0, 0.05) is 62.5 Å². The van der Waals surface area contributed by atoms with Gasteiger partial charge in [-0.2, -0.15) is 4.39 Å². The number of pyridine rings is 1. The van der Waals surface area contributed by atoms with Crippen LogP contribution in [0.3, 0.4) is 0 Å². The number of halogens is 2. The Labute approximate surface area is 189 Å². The Morgan fingerprint density at radius 3 is 2.58 bits per heavy atom. The first kappa shape index (κ1) is 21.4. The molecule has 10 heteroatoms. The van der Waals surface area contributed by atoms with Crippen LogP contribution < -0.4 is 10.2 Å². The third-order valence-electron chi connectivity index (χ3n) is 6.47. The summed E-state index contributed by atoms with van der Waals surface area (Å²) in [6, 6.07) is 6.64. The van der Waals surface area contributed by atoms with Gasteiger partial charge >= 0.3 is 0 Å². The fraction of sp³-hybridized carbons (Fsp3) is 0.391. The first-order valence-corrected chi connectivity index (χ1v) is 10.9. The summed E-state index contributed by atoms with van der Waals surface area (Å²) in [7, 11) is 0. The molecule has 0 spiro atoms. The fourth-order valence-corrected chi connectivity index (χ4v) is 4.80. The average Bonchev–Trinajstić information content (AvgIpc) is 3.10. The number of piperazine rings is 1. The second-order valence-electron chi connectivity index (χ2n) is 8.57. The summed E-state index contributed by atoms with van der Waals surface area (Å²) in [6.45, 7) is 3.29. The van der Waals surface area contributed by atoms with E-state index in [1.165, 1.54) is 23.1 Å². The minimum absolute atomic E-state index is 0.167. The number of hydrogen-bond donors (Lipinski definition) is 1. The number of benzene rings is 1. The highest BCUT2D eigenvalue weighted by Crippen LogP contribution is 2.35. The van der Waals surface area contributed by atoms with Crippen molar-refractivity contribution in [2.75, 3.05) is 31.1 Å². The summed E-state index contributed by atoms with van der Waals surface area (Å²) < 4.78 is 27.8. The second-order valence-corrected chi connectivity index (χ2v) is 8.57. The maximum Gasteiger partial charge on any atom is 0.255 e. The third-order valence-corrected chi connectivity index (χ3v) is 6.47. The highest BCUT2D eigenvalue weighted by atomic mass is 19.1. The number of amides is 3. The highest BCUT2D eigenvalue weighted by molar-refractivity contribution is 6.06. The molecule has 2 fully saturated rings. The molecule has 3 aliphatic heterocycles. The minimum atomic E-state index is -0.742. The SMILES string of the molecule is O=C1CCC(N2Cc3c(cc(F)cc3N3CCN(Cc4cccc(F)n4)CC3)C2=O)C(=O)N1. The molecular weight excluding hydrogens is 432 g/mol. The van der Waals surface area contributed by atoms with Crippen LogP contribution in [0.5, 0.6) is 0 Å². The van der Waals surface area contributed by atoms with E-state index in [0.29, 0.717) is 49.7 Å². The van der Waals surface area contributed by atoms with Crippen molar-refractivity contribution in [3.05, 3.63) is 58.9 Å². The number of nitrogens with zero attached hydrogens (tertiary/aromatic N) is 4. The molecule has 1 unspecified atom stereocenters. The molecule has 33 heavy (non-hydrogen) atoms. The molecule has 172 valence electrons. The molecule has 1 aromatic heterocycles. The molecule has 5 rings (SSSR count). The fourth-order valence-electron chi connectivity index (χ4n) is 4.80. The highest BCUT2D eigenvalue weighted by Gasteiger charge is 2.41. The molecule has 0 saturated carbocycles. The maximum atomic E-state index is 14.5. The molecule has 0 bridgehead atoms. The van der Waals surface area contributed by atoms with E-state index in [4.69, 9.17) is 0 Å². The zero-order chi connectivity index (χ0) is 23.1. The number of anilines is 1. The topological polar surface area (TPSA) is 85.9 Å². The number of aromatic nitrogens is 1. The van der Waals surface area contributed by atoms with Crippen molar-refractivity contribution < 1.29 is 23.2 Å². The molecule has 2 aromatic rings. The Morgan fingerprint density at radius 1 is 1.06 bits per heavy atom. The van der Waals surface area contributed by atoms with Crippen LogP contribution in [0.15, 0.2) is 30.3 Å². The molecule has 1 N–H and O–H groups in total. The van der Waals surface area contributed by atoms with Crippen molar-refractivity contribution in [2.45, 2.75) is 32.0 Å². The number of nitrogens with one attached hydrogen (secondary N) is 1. The van der Waals surface area contributed by atoms with Crippen LogP contribution in [0, 0.1) is 11.8 Å². The van der Waals surface area contributed by atoms with Gasteiger partial charge in [0.25, 0.3) is 5.91 Å². The van der Waals surface area contributed by atoms with Crippen molar-refractivity contribution in [1.29, 1.82) is 0 Å². The van der Waals surface area contributed by atoms with Crippen LogP contribution in [0.1, 0.15) is 34.5 Å². The second kappa shape index (κ2) is 8.51.